The molecule has 0 aliphatic heterocycles. The lowest BCUT2D eigenvalue weighted by atomic mass is 10.1. The molecule has 1 rings (SSSR count). The Balaban J connectivity index is 2.67. The Morgan fingerprint density at radius 1 is 1.20 bits per heavy atom. The van der Waals surface area contributed by atoms with Gasteiger partial charge in [0.15, 0.2) is 6.61 Å². The zero-order chi connectivity index (χ0) is 15.1. The van der Waals surface area contributed by atoms with E-state index in [1.165, 1.54) is 4.90 Å². The van der Waals surface area contributed by atoms with E-state index in [1.807, 2.05) is 12.1 Å². The van der Waals surface area contributed by atoms with Crippen molar-refractivity contribution < 1.29 is 9.53 Å². The second kappa shape index (κ2) is 7.13. The Morgan fingerprint density at radius 3 is 2.30 bits per heavy atom. The lowest BCUT2D eigenvalue weighted by Gasteiger charge is -2.11. The van der Waals surface area contributed by atoms with Crippen molar-refractivity contribution in [3.05, 3.63) is 29.8 Å². The van der Waals surface area contributed by atoms with E-state index in [2.05, 4.69) is 10.2 Å². The number of carbonyl (C=O) groups excluding carboxylic acids is 1. The summed E-state index contributed by atoms with van der Waals surface area (Å²) in [5, 5.41) is 7.45. The first-order valence-corrected chi connectivity index (χ1v) is 5.96. The van der Waals surface area contributed by atoms with Gasteiger partial charge in [-0.1, -0.05) is 0 Å². The van der Waals surface area contributed by atoms with Crippen LogP contribution in [0.1, 0.15) is 12.5 Å². The summed E-state index contributed by atoms with van der Waals surface area (Å²) in [5.41, 5.74) is 11.9. The molecule has 0 saturated heterocycles. The average Bonchev–Trinajstić information content (AvgIpc) is 2.42. The van der Waals surface area contributed by atoms with Gasteiger partial charge in [0.2, 0.25) is 5.96 Å². The highest BCUT2D eigenvalue weighted by Crippen LogP contribution is 2.13. The molecule has 0 fully saturated rings. The van der Waals surface area contributed by atoms with Crippen LogP contribution >= 0.6 is 0 Å². The molecule has 0 saturated carbocycles. The van der Waals surface area contributed by atoms with Gasteiger partial charge in [-0.25, -0.2) is 0 Å². The van der Waals surface area contributed by atoms with Gasteiger partial charge in [0, 0.05) is 14.1 Å². The number of amides is 1. The minimum absolute atomic E-state index is 0.00736. The van der Waals surface area contributed by atoms with E-state index in [9.17, 15) is 4.79 Å². The van der Waals surface area contributed by atoms with Gasteiger partial charge < -0.3 is 21.1 Å². The highest BCUT2D eigenvalue weighted by molar-refractivity contribution is 5.99. The van der Waals surface area contributed by atoms with Crippen LogP contribution < -0.4 is 16.2 Å². The van der Waals surface area contributed by atoms with Crippen LogP contribution in [0.2, 0.25) is 0 Å². The number of carbonyl (C=O) groups is 1. The molecule has 1 aromatic carbocycles. The lowest BCUT2D eigenvalue weighted by Crippen LogP contribution is -2.27. The maximum atomic E-state index is 11.4. The van der Waals surface area contributed by atoms with Gasteiger partial charge in [-0.15, -0.1) is 5.10 Å². The molecule has 0 heterocycles. The highest BCUT2D eigenvalue weighted by atomic mass is 16.5. The first kappa shape index (κ1) is 15.5. The fourth-order valence-corrected chi connectivity index (χ4v) is 1.26. The molecule has 20 heavy (non-hydrogen) atoms. The van der Waals surface area contributed by atoms with Crippen LogP contribution in [0, 0.1) is 0 Å². The van der Waals surface area contributed by atoms with Crippen LogP contribution in [0.5, 0.6) is 5.75 Å². The number of nitrogens with two attached hydrogens (primary N) is 2. The van der Waals surface area contributed by atoms with Gasteiger partial charge in [0.1, 0.15) is 5.75 Å². The molecule has 0 unspecified atom stereocenters. The predicted molar refractivity (Wildman–Crippen MR) is 78.7 cm³/mol. The summed E-state index contributed by atoms with van der Waals surface area (Å²) in [6, 6.07) is 7.15. The topological polar surface area (TPSA) is 106 Å². The number of ether oxygens (including phenoxy) is 1. The normalized spacial score (nSPS) is 10.8. The summed E-state index contributed by atoms with van der Waals surface area (Å²) in [4.78, 5) is 12.9. The number of hydrogen-bond acceptors (Lipinski definition) is 4. The molecule has 1 aromatic rings. The molecule has 108 valence electrons. The number of hydrogen-bond donors (Lipinski definition) is 2. The molecule has 0 atom stereocenters. The molecule has 0 aliphatic carbocycles. The van der Waals surface area contributed by atoms with Crippen molar-refractivity contribution in [3.63, 3.8) is 0 Å². The van der Waals surface area contributed by atoms with Crippen LogP contribution in [0.25, 0.3) is 0 Å². The van der Waals surface area contributed by atoms with Crippen molar-refractivity contribution in [2.75, 3.05) is 20.7 Å². The zero-order valence-corrected chi connectivity index (χ0v) is 11.8. The minimum atomic E-state index is -0.0976. The second-order valence-corrected chi connectivity index (χ2v) is 4.31. The Labute approximate surface area is 117 Å². The summed E-state index contributed by atoms with van der Waals surface area (Å²) < 4.78 is 5.36. The SMILES string of the molecule is C/C(=N/N=C(N)N)c1ccc(OCC(=O)N(C)C)cc1. The molecule has 0 aliphatic rings. The standard InChI is InChI=1S/C13H19N5O2/c1-9(16-17-13(14)15)10-4-6-11(7-5-10)20-8-12(19)18(2)3/h4-7H,8H2,1-3H3,(H4,14,15,17)/b16-9-. The number of rotatable bonds is 5. The van der Waals surface area contributed by atoms with Crippen molar-refractivity contribution in [3.8, 4) is 5.75 Å². The highest BCUT2D eigenvalue weighted by Gasteiger charge is 2.05. The van der Waals surface area contributed by atoms with Gasteiger partial charge in [0.05, 0.1) is 5.71 Å². The third-order valence-electron chi connectivity index (χ3n) is 2.45. The summed E-state index contributed by atoms with van der Waals surface area (Å²) in [6.07, 6.45) is 0. The average molecular weight is 277 g/mol. The van der Waals surface area contributed by atoms with Crippen molar-refractivity contribution in [2.45, 2.75) is 6.92 Å². The smallest absolute Gasteiger partial charge is 0.259 e. The van der Waals surface area contributed by atoms with E-state index < -0.39 is 0 Å². The summed E-state index contributed by atoms with van der Waals surface area (Å²) in [5.74, 6) is 0.421. The lowest BCUT2D eigenvalue weighted by molar-refractivity contribution is -0.130. The van der Waals surface area contributed by atoms with E-state index >= 15 is 0 Å². The summed E-state index contributed by atoms with van der Waals surface area (Å²) in [6.45, 7) is 1.80. The Kier molecular flexibility index (Phi) is 5.52. The first-order valence-electron chi connectivity index (χ1n) is 5.96. The van der Waals surface area contributed by atoms with Crippen molar-refractivity contribution in [2.24, 2.45) is 21.7 Å². The Bertz CT molecular complexity index is 516. The van der Waals surface area contributed by atoms with E-state index in [4.69, 9.17) is 16.2 Å². The fraction of sp³-hybridized carbons (Fsp3) is 0.308. The van der Waals surface area contributed by atoms with Crippen LogP contribution in [0.3, 0.4) is 0 Å². The van der Waals surface area contributed by atoms with Crippen molar-refractivity contribution in [1.82, 2.24) is 4.90 Å². The number of benzene rings is 1. The monoisotopic (exact) mass is 277 g/mol. The van der Waals surface area contributed by atoms with E-state index in [1.54, 1.807) is 33.2 Å². The van der Waals surface area contributed by atoms with Gasteiger partial charge in [-0.2, -0.15) is 5.10 Å². The maximum absolute atomic E-state index is 11.4. The third-order valence-corrected chi connectivity index (χ3v) is 2.45. The molecule has 7 nitrogen and oxygen atoms in total. The molecule has 0 radical (unpaired) electrons. The van der Waals surface area contributed by atoms with Crippen LogP contribution in [0.4, 0.5) is 0 Å². The maximum Gasteiger partial charge on any atom is 0.259 e. The third kappa shape index (κ3) is 4.97. The zero-order valence-electron chi connectivity index (χ0n) is 11.8. The predicted octanol–water partition coefficient (Wildman–Crippen LogP) is 0.151. The Morgan fingerprint density at radius 2 is 1.80 bits per heavy atom. The van der Waals surface area contributed by atoms with Crippen LogP contribution in [-0.4, -0.2) is 43.2 Å². The van der Waals surface area contributed by atoms with Crippen molar-refractivity contribution >= 4 is 17.6 Å². The first-order chi connectivity index (χ1) is 9.40. The van der Waals surface area contributed by atoms with E-state index in [0.717, 1.165) is 5.56 Å². The van der Waals surface area contributed by atoms with E-state index in [-0.39, 0.29) is 18.5 Å². The summed E-state index contributed by atoms with van der Waals surface area (Å²) in [7, 11) is 3.36. The van der Waals surface area contributed by atoms with E-state index in [0.29, 0.717) is 11.5 Å². The van der Waals surface area contributed by atoms with Crippen LogP contribution in [0.15, 0.2) is 34.5 Å². The number of likely N-dealkylation sites (N-methyl/N-ethyl adjacent to an activating group) is 1. The van der Waals surface area contributed by atoms with Crippen LogP contribution in [-0.2, 0) is 4.79 Å². The van der Waals surface area contributed by atoms with Crippen molar-refractivity contribution in [1.29, 1.82) is 0 Å². The second-order valence-electron chi connectivity index (χ2n) is 4.31. The van der Waals surface area contributed by atoms with Gasteiger partial charge in [-0.05, 0) is 36.8 Å². The molecule has 0 bridgehead atoms. The molecule has 1 amide bonds. The van der Waals surface area contributed by atoms with Gasteiger partial charge >= 0.3 is 0 Å². The quantitative estimate of drug-likeness (QED) is 0.454. The molecule has 0 aromatic heterocycles. The minimum Gasteiger partial charge on any atom is -0.484 e. The molecule has 7 heteroatoms. The largest absolute Gasteiger partial charge is 0.484 e. The molecule has 4 N–H and O–H groups in total. The van der Waals surface area contributed by atoms with Gasteiger partial charge in [0.25, 0.3) is 5.91 Å². The number of guanidine groups is 1. The van der Waals surface area contributed by atoms with Gasteiger partial charge in [-0.3, -0.25) is 4.79 Å². The Hall–Kier alpha value is -2.57. The molecule has 0 spiro atoms. The fourth-order valence-electron chi connectivity index (χ4n) is 1.26. The molecular weight excluding hydrogens is 258 g/mol. The summed E-state index contributed by atoms with van der Waals surface area (Å²) >= 11 is 0. The number of nitrogens with zero attached hydrogens (tertiary/aromatic N) is 3. The molecular formula is C13H19N5O2.